The Bertz CT molecular complexity index is 423. The lowest BCUT2D eigenvalue weighted by Crippen LogP contribution is -2.35. The van der Waals surface area contributed by atoms with Crippen molar-refractivity contribution in [2.45, 2.75) is 51.6 Å². The average Bonchev–Trinajstić information content (AvgIpc) is 2.38. The molecule has 2 rings (SSSR count). The Morgan fingerprint density at radius 2 is 1.89 bits per heavy atom. The zero-order valence-electron chi connectivity index (χ0n) is 12.2. The number of anilines is 1. The van der Waals surface area contributed by atoms with Gasteiger partial charge in [-0.05, 0) is 72.2 Å². The van der Waals surface area contributed by atoms with Crippen LogP contribution in [0, 0.1) is 5.92 Å². The number of benzene rings is 1. The average molecular weight is 325 g/mol. The van der Waals surface area contributed by atoms with Gasteiger partial charge in [0.15, 0.2) is 0 Å². The van der Waals surface area contributed by atoms with Crippen molar-refractivity contribution in [3.05, 3.63) is 28.2 Å². The van der Waals surface area contributed by atoms with Crippen LogP contribution in [0.25, 0.3) is 0 Å². The molecule has 106 valence electrons. The van der Waals surface area contributed by atoms with Gasteiger partial charge in [0.2, 0.25) is 0 Å². The number of rotatable bonds is 3. The van der Waals surface area contributed by atoms with Crippen LogP contribution in [0.15, 0.2) is 22.7 Å². The van der Waals surface area contributed by atoms with Gasteiger partial charge in [0.1, 0.15) is 0 Å². The summed E-state index contributed by atoms with van der Waals surface area (Å²) in [4.78, 5) is 2.43. The standard InChI is InChI=1S/C16H25BrN2/c1-11-4-7-14(8-5-11)19(3)16-9-6-13(12(2)18)10-15(16)17/h6,9-12,14H,4-5,7-8,18H2,1-3H3. The van der Waals surface area contributed by atoms with Crippen LogP contribution in [0.3, 0.4) is 0 Å². The summed E-state index contributed by atoms with van der Waals surface area (Å²) in [5.41, 5.74) is 8.40. The molecule has 2 N–H and O–H groups in total. The van der Waals surface area contributed by atoms with E-state index in [0.29, 0.717) is 6.04 Å². The smallest absolute Gasteiger partial charge is 0.0510 e. The Hall–Kier alpha value is -0.540. The van der Waals surface area contributed by atoms with Gasteiger partial charge in [-0.3, -0.25) is 0 Å². The fourth-order valence-corrected chi connectivity index (χ4v) is 3.60. The number of halogens is 1. The van der Waals surface area contributed by atoms with Gasteiger partial charge in [-0.15, -0.1) is 0 Å². The molecule has 1 aromatic rings. The Morgan fingerprint density at radius 3 is 2.42 bits per heavy atom. The maximum atomic E-state index is 5.93. The number of hydrogen-bond acceptors (Lipinski definition) is 2. The highest BCUT2D eigenvalue weighted by Crippen LogP contribution is 2.34. The minimum atomic E-state index is 0.0891. The van der Waals surface area contributed by atoms with E-state index in [1.165, 1.54) is 36.9 Å². The first-order valence-corrected chi connectivity index (χ1v) is 8.06. The van der Waals surface area contributed by atoms with Crippen LogP contribution in [-0.2, 0) is 0 Å². The van der Waals surface area contributed by atoms with Crippen molar-refractivity contribution < 1.29 is 0 Å². The van der Waals surface area contributed by atoms with E-state index in [1.807, 2.05) is 6.92 Å². The zero-order valence-corrected chi connectivity index (χ0v) is 13.8. The van der Waals surface area contributed by atoms with E-state index in [1.54, 1.807) is 0 Å². The van der Waals surface area contributed by atoms with E-state index in [0.717, 1.165) is 10.4 Å². The lowest BCUT2D eigenvalue weighted by atomic mass is 9.86. The van der Waals surface area contributed by atoms with E-state index in [4.69, 9.17) is 5.73 Å². The second-order valence-electron chi connectivity index (χ2n) is 6.02. The second kappa shape index (κ2) is 6.27. The van der Waals surface area contributed by atoms with E-state index in [-0.39, 0.29) is 6.04 Å². The Morgan fingerprint density at radius 1 is 1.26 bits per heavy atom. The quantitative estimate of drug-likeness (QED) is 0.887. The molecule has 0 saturated heterocycles. The highest BCUT2D eigenvalue weighted by atomic mass is 79.9. The first kappa shape index (κ1) is 14.9. The SMILES string of the molecule is CC1CCC(N(C)c2ccc(C(C)N)cc2Br)CC1. The first-order valence-electron chi connectivity index (χ1n) is 7.27. The third-order valence-corrected chi connectivity index (χ3v) is 5.05. The molecular weight excluding hydrogens is 300 g/mol. The van der Waals surface area contributed by atoms with Crippen molar-refractivity contribution in [3.8, 4) is 0 Å². The normalized spacial score (nSPS) is 25.1. The fourth-order valence-electron chi connectivity index (χ4n) is 2.92. The van der Waals surface area contributed by atoms with E-state index < -0.39 is 0 Å². The molecule has 2 nitrogen and oxygen atoms in total. The van der Waals surface area contributed by atoms with Crippen molar-refractivity contribution in [2.24, 2.45) is 11.7 Å². The molecule has 0 aromatic heterocycles. The van der Waals surface area contributed by atoms with Crippen LogP contribution >= 0.6 is 15.9 Å². The molecule has 0 bridgehead atoms. The first-order chi connectivity index (χ1) is 8.99. The lowest BCUT2D eigenvalue weighted by molar-refractivity contribution is 0.340. The predicted octanol–water partition coefficient (Wildman–Crippen LogP) is 4.48. The summed E-state index contributed by atoms with van der Waals surface area (Å²) in [5.74, 6) is 0.897. The van der Waals surface area contributed by atoms with Crippen molar-refractivity contribution in [1.82, 2.24) is 0 Å². The molecule has 1 fully saturated rings. The minimum Gasteiger partial charge on any atom is -0.371 e. The third-order valence-electron chi connectivity index (χ3n) is 4.41. The van der Waals surface area contributed by atoms with Crippen molar-refractivity contribution in [1.29, 1.82) is 0 Å². The largest absolute Gasteiger partial charge is 0.371 e. The van der Waals surface area contributed by atoms with Crippen LogP contribution < -0.4 is 10.6 Å². The molecule has 0 aliphatic heterocycles. The highest BCUT2D eigenvalue weighted by Gasteiger charge is 2.23. The topological polar surface area (TPSA) is 29.3 Å². The summed E-state index contributed by atoms with van der Waals surface area (Å²) in [5, 5.41) is 0. The van der Waals surface area contributed by atoms with Crippen molar-refractivity contribution in [2.75, 3.05) is 11.9 Å². The van der Waals surface area contributed by atoms with Crippen LogP contribution in [0.2, 0.25) is 0 Å². The predicted molar refractivity (Wildman–Crippen MR) is 86.6 cm³/mol. The molecule has 1 aromatic carbocycles. The molecule has 0 heterocycles. The molecule has 0 amide bonds. The molecule has 1 aliphatic rings. The van der Waals surface area contributed by atoms with E-state index >= 15 is 0 Å². The van der Waals surface area contributed by atoms with Gasteiger partial charge in [-0.25, -0.2) is 0 Å². The summed E-state index contributed by atoms with van der Waals surface area (Å²) < 4.78 is 1.16. The molecule has 1 aliphatic carbocycles. The second-order valence-corrected chi connectivity index (χ2v) is 6.88. The third kappa shape index (κ3) is 3.51. The summed E-state index contributed by atoms with van der Waals surface area (Å²) in [6, 6.07) is 7.26. The highest BCUT2D eigenvalue weighted by molar-refractivity contribution is 9.10. The molecular formula is C16H25BrN2. The number of hydrogen-bond donors (Lipinski definition) is 1. The number of nitrogens with zero attached hydrogens (tertiary/aromatic N) is 1. The molecule has 19 heavy (non-hydrogen) atoms. The van der Waals surface area contributed by atoms with Gasteiger partial charge in [-0.2, -0.15) is 0 Å². The molecule has 1 saturated carbocycles. The molecule has 0 radical (unpaired) electrons. The van der Waals surface area contributed by atoms with Gasteiger partial charge in [0, 0.05) is 23.6 Å². The Labute approximate surface area is 125 Å². The van der Waals surface area contributed by atoms with Crippen LogP contribution in [0.4, 0.5) is 5.69 Å². The summed E-state index contributed by atoms with van der Waals surface area (Å²) >= 11 is 3.70. The van der Waals surface area contributed by atoms with Crippen LogP contribution in [0.5, 0.6) is 0 Å². The molecule has 0 spiro atoms. The maximum absolute atomic E-state index is 5.93. The van der Waals surface area contributed by atoms with Crippen molar-refractivity contribution >= 4 is 21.6 Å². The molecule has 1 unspecified atom stereocenters. The summed E-state index contributed by atoms with van der Waals surface area (Å²) in [6.07, 6.45) is 5.31. The summed E-state index contributed by atoms with van der Waals surface area (Å²) in [7, 11) is 2.21. The van der Waals surface area contributed by atoms with Gasteiger partial charge >= 0.3 is 0 Å². The van der Waals surface area contributed by atoms with Gasteiger partial charge < -0.3 is 10.6 Å². The van der Waals surface area contributed by atoms with E-state index in [9.17, 15) is 0 Å². The van der Waals surface area contributed by atoms with Crippen molar-refractivity contribution in [3.63, 3.8) is 0 Å². The number of nitrogens with two attached hydrogens (primary N) is 1. The van der Waals surface area contributed by atoms with Gasteiger partial charge in [0.05, 0.1) is 5.69 Å². The van der Waals surface area contributed by atoms with Gasteiger partial charge in [-0.1, -0.05) is 13.0 Å². The molecule has 1 atom stereocenters. The summed E-state index contributed by atoms with van der Waals surface area (Å²) in [6.45, 7) is 4.39. The molecule has 3 heteroatoms. The van der Waals surface area contributed by atoms with Crippen LogP contribution in [-0.4, -0.2) is 13.1 Å². The Balaban J connectivity index is 2.12. The lowest BCUT2D eigenvalue weighted by Gasteiger charge is -2.35. The minimum absolute atomic E-state index is 0.0891. The van der Waals surface area contributed by atoms with Crippen LogP contribution in [0.1, 0.15) is 51.1 Å². The maximum Gasteiger partial charge on any atom is 0.0510 e. The van der Waals surface area contributed by atoms with E-state index in [2.05, 4.69) is 53.0 Å². The fraction of sp³-hybridized carbons (Fsp3) is 0.625. The van der Waals surface area contributed by atoms with Gasteiger partial charge in [0.25, 0.3) is 0 Å². The Kier molecular flexibility index (Phi) is 4.91. The zero-order chi connectivity index (χ0) is 14.0. The monoisotopic (exact) mass is 324 g/mol.